The fourth-order valence-electron chi connectivity index (χ4n) is 1.53. The molecule has 0 radical (unpaired) electrons. The number of benzene rings is 1. The van der Waals surface area contributed by atoms with E-state index in [1.807, 2.05) is 39.0 Å². The predicted octanol–water partition coefficient (Wildman–Crippen LogP) is 4.12. The molecule has 0 amide bonds. The monoisotopic (exact) mass is 264 g/mol. The second kappa shape index (κ2) is 9.20. The third-order valence-electron chi connectivity index (χ3n) is 2.25. The number of fused-ring (bicyclic) bond motifs is 1. The number of pyridine rings is 1. The molecule has 19 heavy (non-hydrogen) atoms. The van der Waals surface area contributed by atoms with Crippen LogP contribution in [0.5, 0.6) is 5.75 Å². The maximum absolute atomic E-state index is 9.58. The Kier molecular flexibility index (Phi) is 8.34. The number of ether oxygens (including phenoxy) is 1. The summed E-state index contributed by atoms with van der Waals surface area (Å²) in [6.07, 6.45) is 2.82. The fourth-order valence-corrected chi connectivity index (χ4v) is 1.53. The van der Waals surface area contributed by atoms with Crippen LogP contribution in [0.3, 0.4) is 0 Å². The Morgan fingerprint density at radius 2 is 1.74 bits per heavy atom. The van der Waals surface area contributed by atoms with Gasteiger partial charge in [-0.2, -0.15) is 0 Å². The number of aryl methyl sites for hydroxylation is 1. The van der Waals surface area contributed by atoms with Gasteiger partial charge in [0.1, 0.15) is 5.75 Å². The SMILES string of the molecule is CC.CCC.COc1cc[n+](O)c2cc(C)ccc12. The van der Waals surface area contributed by atoms with Crippen molar-refractivity contribution in [3.05, 3.63) is 36.0 Å². The molecule has 3 heteroatoms. The molecule has 2 aromatic rings. The molecule has 1 N–H and O–H groups in total. The lowest BCUT2D eigenvalue weighted by Gasteiger charge is -2.02. The largest absolute Gasteiger partial charge is 0.496 e. The number of aromatic nitrogens is 1. The summed E-state index contributed by atoms with van der Waals surface area (Å²) in [7, 11) is 1.62. The first-order valence-electron chi connectivity index (χ1n) is 6.82. The van der Waals surface area contributed by atoms with Crippen molar-refractivity contribution in [3.63, 3.8) is 0 Å². The number of nitrogens with zero attached hydrogens (tertiary/aromatic N) is 1. The van der Waals surface area contributed by atoms with Gasteiger partial charge >= 0.3 is 0 Å². The Morgan fingerprint density at radius 3 is 2.26 bits per heavy atom. The molecule has 0 atom stereocenters. The first-order valence-corrected chi connectivity index (χ1v) is 6.82. The Morgan fingerprint density at radius 1 is 1.16 bits per heavy atom. The summed E-state index contributed by atoms with van der Waals surface area (Å²) >= 11 is 0. The summed E-state index contributed by atoms with van der Waals surface area (Å²) in [4.78, 5) is 0. The quantitative estimate of drug-likeness (QED) is 0.621. The van der Waals surface area contributed by atoms with Crippen molar-refractivity contribution in [2.45, 2.75) is 41.0 Å². The molecule has 0 bridgehead atoms. The van der Waals surface area contributed by atoms with Crippen molar-refractivity contribution in [3.8, 4) is 5.75 Å². The van der Waals surface area contributed by atoms with Crippen molar-refractivity contribution in [1.82, 2.24) is 0 Å². The third-order valence-corrected chi connectivity index (χ3v) is 2.25. The van der Waals surface area contributed by atoms with Gasteiger partial charge in [-0.1, -0.05) is 40.2 Å². The second-order valence-electron chi connectivity index (χ2n) is 3.96. The molecule has 1 heterocycles. The van der Waals surface area contributed by atoms with Crippen LogP contribution in [0.4, 0.5) is 0 Å². The molecule has 0 saturated heterocycles. The van der Waals surface area contributed by atoms with Crippen molar-refractivity contribution in [1.29, 1.82) is 0 Å². The molecule has 0 aliphatic rings. The summed E-state index contributed by atoms with van der Waals surface area (Å²) < 4.78 is 6.30. The minimum absolute atomic E-state index is 0.754. The minimum Gasteiger partial charge on any atom is -0.496 e. The lowest BCUT2D eigenvalue weighted by atomic mass is 10.1. The molecule has 1 aromatic heterocycles. The van der Waals surface area contributed by atoms with Crippen molar-refractivity contribution in [2.75, 3.05) is 7.11 Å². The molecule has 0 fully saturated rings. The van der Waals surface area contributed by atoms with E-state index < -0.39 is 0 Å². The summed E-state index contributed by atoms with van der Waals surface area (Å²) in [6.45, 7) is 10.2. The molecular formula is C16H26NO2+. The van der Waals surface area contributed by atoms with Gasteiger partial charge in [0.2, 0.25) is 6.20 Å². The van der Waals surface area contributed by atoms with Crippen LogP contribution in [0.2, 0.25) is 0 Å². The van der Waals surface area contributed by atoms with Crippen LogP contribution >= 0.6 is 0 Å². The van der Waals surface area contributed by atoms with Gasteiger partial charge in [0, 0.05) is 16.9 Å². The normalized spacial score (nSPS) is 8.95. The molecule has 3 nitrogen and oxygen atoms in total. The number of methoxy groups -OCH3 is 1. The maximum Gasteiger partial charge on any atom is 0.268 e. The van der Waals surface area contributed by atoms with Gasteiger partial charge in [0.25, 0.3) is 5.52 Å². The van der Waals surface area contributed by atoms with Crippen LogP contribution in [0.1, 0.15) is 39.7 Å². The Labute approximate surface area is 116 Å². The summed E-state index contributed by atoms with van der Waals surface area (Å²) in [5.74, 6) is 0.769. The number of hydrogen-bond donors (Lipinski definition) is 1. The highest BCUT2D eigenvalue weighted by Crippen LogP contribution is 2.22. The van der Waals surface area contributed by atoms with Crippen molar-refractivity contribution in [2.24, 2.45) is 0 Å². The molecular weight excluding hydrogens is 238 g/mol. The Balaban J connectivity index is 0.000000573. The highest BCUT2D eigenvalue weighted by atomic mass is 16.5. The predicted molar refractivity (Wildman–Crippen MR) is 79.9 cm³/mol. The highest BCUT2D eigenvalue weighted by molar-refractivity contribution is 5.82. The lowest BCUT2D eigenvalue weighted by molar-refractivity contribution is -0.884. The van der Waals surface area contributed by atoms with E-state index in [0.717, 1.165) is 26.9 Å². The van der Waals surface area contributed by atoms with Gasteiger partial charge in [0.15, 0.2) is 0 Å². The fraction of sp³-hybridized carbons (Fsp3) is 0.438. The lowest BCUT2D eigenvalue weighted by Crippen LogP contribution is -2.30. The van der Waals surface area contributed by atoms with E-state index in [2.05, 4.69) is 13.8 Å². The van der Waals surface area contributed by atoms with Crippen molar-refractivity contribution >= 4 is 10.9 Å². The van der Waals surface area contributed by atoms with Gasteiger partial charge in [-0.3, -0.25) is 5.21 Å². The summed E-state index contributed by atoms with van der Waals surface area (Å²) in [5.41, 5.74) is 1.86. The smallest absolute Gasteiger partial charge is 0.268 e. The average molecular weight is 264 g/mol. The van der Waals surface area contributed by atoms with Gasteiger partial charge < -0.3 is 4.74 Å². The van der Waals surface area contributed by atoms with E-state index in [9.17, 15) is 5.21 Å². The topological polar surface area (TPSA) is 33.3 Å². The van der Waals surface area contributed by atoms with E-state index >= 15 is 0 Å². The molecule has 1 aromatic carbocycles. The van der Waals surface area contributed by atoms with Crippen LogP contribution in [0.25, 0.3) is 10.9 Å². The minimum atomic E-state index is 0.754. The van der Waals surface area contributed by atoms with Crippen LogP contribution in [0.15, 0.2) is 30.5 Å². The van der Waals surface area contributed by atoms with E-state index in [1.54, 1.807) is 19.4 Å². The van der Waals surface area contributed by atoms with Gasteiger partial charge in [-0.25, -0.2) is 0 Å². The maximum atomic E-state index is 9.58. The summed E-state index contributed by atoms with van der Waals surface area (Å²) in [6, 6.07) is 7.58. The van der Waals surface area contributed by atoms with Crippen LogP contribution in [-0.4, -0.2) is 12.3 Å². The Hall–Kier alpha value is -1.77. The highest BCUT2D eigenvalue weighted by Gasteiger charge is 2.12. The van der Waals surface area contributed by atoms with Gasteiger partial charge in [0.05, 0.1) is 12.5 Å². The number of rotatable bonds is 1. The van der Waals surface area contributed by atoms with E-state index in [-0.39, 0.29) is 0 Å². The van der Waals surface area contributed by atoms with Crippen LogP contribution in [0, 0.1) is 6.92 Å². The molecule has 0 aliphatic carbocycles. The molecule has 2 rings (SSSR count). The average Bonchev–Trinajstić information content (AvgIpc) is 2.43. The summed E-state index contributed by atoms with van der Waals surface area (Å²) in [5, 5.41) is 10.5. The molecule has 0 unspecified atom stereocenters. The van der Waals surface area contributed by atoms with Gasteiger partial charge in [-0.05, 0) is 18.6 Å². The number of hydrogen-bond acceptors (Lipinski definition) is 2. The molecule has 0 aliphatic heterocycles. The molecule has 106 valence electrons. The first kappa shape index (κ1) is 17.2. The van der Waals surface area contributed by atoms with Gasteiger partial charge in [-0.15, -0.1) is 0 Å². The van der Waals surface area contributed by atoms with E-state index in [4.69, 9.17) is 4.74 Å². The van der Waals surface area contributed by atoms with E-state index in [0.29, 0.717) is 0 Å². The third kappa shape index (κ3) is 4.78. The van der Waals surface area contributed by atoms with Crippen molar-refractivity contribution < 1.29 is 14.7 Å². The van der Waals surface area contributed by atoms with Crippen LogP contribution < -0.4 is 9.47 Å². The zero-order valence-electron chi connectivity index (χ0n) is 12.9. The zero-order valence-corrected chi connectivity index (χ0v) is 12.9. The zero-order chi connectivity index (χ0) is 14.8. The van der Waals surface area contributed by atoms with Crippen LogP contribution in [-0.2, 0) is 0 Å². The van der Waals surface area contributed by atoms with E-state index in [1.165, 1.54) is 6.42 Å². The first-order chi connectivity index (χ1) is 9.13. The second-order valence-corrected chi connectivity index (χ2v) is 3.96. The molecule has 0 saturated carbocycles. The standard InChI is InChI=1S/C11H12NO2.C3H8.C2H6/c1-8-3-4-9-10(7-8)12(13)6-5-11(9)14-2;1-3-2;1-2/h3-7,13H,1-2H3;3H2,1-2H3;1-2H3/q+1;;. The molecule has 0 spiro atoms. The Bertz CT molecular complexity index is 495.